The van der Waals surface area contributed by atoms with Crippen molar-refractivity contribution in [2.24, 2.45) is 0 Å². The average molecular weight is 372 g/mol. The van der Waals surface area contributed by atoms with Crippen molar-refractivity contribution in [3.63, 3.8) is 0 Å². The summed E-state index contributed by atoms with van der Waals surface area (Å²) in [5, 5.41) is 10.6. The maximum atomic E-state index is 9.97. The summed E-state index contributed by atoms with van der Waals surface area (Å²) in [6, 6.07) is 21.5. The molecule has 2 heterocycles. The van der Waals surface area contributed by atoms with Crippen molar-refractivity contribution in [1.82, 2.24) is 4.98 Å². The zero-order valence-corrected chi connectivity index (χ0v) is 13.8. The highest BCUT2D eigenvalue weighted by Crippen LogP contribution is 2.18. The predicted molar refractivity (Wildman–Crippen MR) is 95.2 cm³/mol. The second kappa shape index (κ2) is 7.56. The van der Waals surface area contributed by atoms with E-state index in [0.717, 1.165) is 11.0 Å². The lowest BCUT2D eigenvalue weighted by atomic mass is 10.1. The molecular weight excluding hydrogens is 358 g/mol. The number of para-hydroxylation sites is 2. The van der Waals surface area contributed by atoms with Crippen LogP contribution in [0.5, 0.6) is 0 Å². The summed E-state index contributed by atoms with van der Waals surface area (Å²) in [5.41, 5.74) is 2.12. The maximum absolute atomic E-state index is 9.97. The topological polar surface area (TPSA) is 63.3 Å². The fraction of sp³-hybridized carbons (Fsp3) is 0. The minimum atomic E-state index is -1.03. The van der Waals surface area contributed by atoms with E-state index in [1.54, 1.807) is 0 Å². The van der Waals surface area contributed by atoms with Gasteiger partial charge in [-0.1, -0.05) is 36.4 Å². The Bertz CT molecular complexity index is 815. The molecule has 2 aromatic heterocycles. The molecule has 4 aromatic rings. The molecule has 0 aliphatic carbocycles. The van der Waals surface area contributed by atoms with Crippen LogP contribution in [0.15, 0.2) is 77.4 Å². The molecule has 0 atom stereocenters. The number of aromatic carboxylic acids is 1. The van der Waals surface area contributed by atoms with Crippen LogP contribution in [0.1, 0.15) is 10.6 Å². The number of rotatable bonds is 1. The van der Waals surface area contributed by atoms with Gasteiger partial charge in [-0.25, -0.2) is 9.78 Å². The maximum Gasteiger partial charge on any atom is 0.371 e. The molecule has 0 unspecified atom stereocenters. The average Bonchev–Trinajstić information content (AvgIpc) is 3.08. The van der Waals surface area contributed by atoms with Crippen molar-refractivity contribution in [1.29, 1.82) is 0 Å². The van der Waals surface area contributed by atoms with Gasteiger partial charge in [0, 0.05) is 10.8 Å². The molecule has 0 amide bonds. The van der Waals surface area contributed by atoms with Gasteiger partial charge in [0.15, 0.2) is 0 Å². The van der Waals surface area contributed by atoms with E-state index >= 15 is 0 Å². The fourth-order valence-corrected chi connectivity index (χ4v) is 2.12. The highest BCUT2D eigenvalue weighted by molar-refractivity contribution is 8.93. The highest BCUT2D eigenvalue weighted by atomic mass is 79.9. The second-order valence-corrected chi connectivity index (χ2v) is 4.66. The number of nitrogens with zero attached hydrogens (tertiary/aromatic N) is 1. The quantitative estimate of drug-likeness (QED) is 0.481. The normalized spacial score (nSPS) is 9.74. The lowest BCUT2D eigenvalue weighted by molar-refractivity contribution is 0.0662. The Morgan fingerprint density at radius 1 is 0.870 bits per heavy atom. The molecule has 5 heteroatoms. The van der Waals surface area contributed by atoms with E-state index in [4.69, 9.17) is 5.11 Å². The number of carboxylic acid groups (broad SMARTS) is 1. The van der Waals surface area contributed by atoms with Crippen molar-refractivity contribution < 1.29 is 14.3 Å². The smallest absolute Gasteiger partial charge is 0.371 e. The molecule has 0 aliphatic heterocycles. The van der Waals surface area contributed by atoms with Gasteiger partial charge in [-0.3, -0.25) is 0 Å². The van der Waals surface area contributed by atoms with Crippen LogP contribution in [0.4, 0.5) is 0 Å². The lowest BCUT2D eigenvalue weighted by Crippen LogP contribution is -1.90. The lowest BCUT2D eigenvalue weighted by Gasteiger charge is -1.99. The molecule has 0 fully saturated rings. The Morgan fingerprint density at radius 2 is 1.43 bits per heavy atom. The highest BCUT2D eigenvalue weighted by Gasteiger charge is 2.01. The van der Waals surface area contributed by atoms with E-state index < -0.39 is 5.97 Å². The zero-order chi connectivity index (χ0) is 15.4. The molecular formula is C18H14BrNO3. The third-order valence-corrected chi connectivity index (χ3v) is 3.16. The van der Waals surface area contributed by atoms with Gasteiger partial charge in [0.1, 0.15) is 0 Å². The number of furan rings is 1. The third kappa shape index (κ3) is 3.96. The number of carboxylic acids is 1. The standard InChI is InChI=1S/C13H9N.C5H4O3.BrH/c1-3-7-12-10(5-1)9-11-6-2-4-8-13(11)14-12;6-5(7)4-2-1-3-8-4;/h1-9H;1-3H,(H,6,7);1H. The van der Waals surface area contributed by atoms with Gasteiger partial charge in [-0.2, -0.15) is 0 Å². The van der Waals surface area contributed by atoms with Gasteiger partial charge in [0.2, 0.25) is 5.76 Å². The number of aromatic nitrogens is 1. The molecule has 4 rings (SSSR count). The molecule has 23 heavy (non-hydrogen) atoms. The van der Waals surface area contributed by atoms with Crippen LogP contribution in [-0.4, -0.2) is 16.1 Å². The van der Waals surface area contributed by atoms with E-state index in [0.29, 0.717) is 0 Å². The van der Waals surface area contributed by atoms with Gasteiger partial charge < -0.3 is 9.52 Å². The Hall–Kier alpha value is -2.66. The summed E-state index contributed by atoms with van der Waals surface area (Å²) >= 11 is 0. The molecule has 0 spiro atoms. The van der Waals surface area contributed by atoms with Gasteiger partial charge in [0.05, 0.1) is 17.3 Å². The Labute approximate surface area is 143 Å². The van der Waals surface area contributed by atoms with E-state index in [1.807, 2.05) is 36.4 Å². The number of hydrogen-bond donors (Lipinski definition) is 1. The minimum absolute atomic E-state index is 0. The van der Waals surface area contributed by atoms with Crippen molar-refractivity contribution in [2.75, 3.05) is 0 Å². The molecule has 0 radical (unpaired) electrons. The number of benzene rings is 2. The molecule has 0 saturated carbocycles. The largest absolute Gasteiger partial charge is 0.475 e. The Kier molecular flexibility index (Phi) is 5.49. The first-order chi connectivity index (χ1) is 10.7. The van der Waals surface area contributed by atoms with Crippen molar-refractivity contribution in [3.05, 3.63) is 78.8 Å². The fourth-order valence-electron chi connectivity index (χ4n) is 2.12. The summed E-state index contributed by atoms with van der Waals surface area (Å²) in [5.74, 6) is -1.06. The third-order valence-electron chi connectivity index (χ3n) is 3.16. The predicted octanol–water partition coefficient (Wildman–Crippen LogP) is 4.94. The van der Waals surface area contributed by atoms with E-state index in [2.05, 4.69) is 27.6 Å². The summed E-state index contributed by atoms with van der Waals surface area (Å²) in [7, 11) is 0. The summed E-state index contributed by atoms with van der Waals surface area (Å²) in [6.07, 6.45) is 1.32. The van der Waals surface area contributed by atoms with Crippen molar-refractivity contribution in [3.8, 4) is 0 Å². The number of carbonyl (C=O) groups is 1. The number of fused-ring (bicyclic) bond motifs is 2. The minimum Gasteiger partial charge on any atom is -0.475 e. The van der Waals surface area contributed by atoms with Crippen LogP contribution in [0.25, 0.3) is 21.8 Å². The number of halogens is 1. The SMILES string of the molecule is Br.O=C(O)c1ccco1.c1ccc2nc3ccccc3cc2c1. The molecule has 0 bridgehead atoms. The van der Waals surface area contributed by atoms with Crippen molar-refractivity contribution in [2.45, 2.75) is 0 Å². The molecule has 0 aliphatic rings. The van der Waals surface area contributed by atoms with Gasteiger partial charge in [-0.05, 0) is 30.3 Å². The number of pyridine rings is 1. The molecule has 1 N–H and O–H groups in total. The molecule has 116 valence electrons. The molecule has 2 aromatic carbocycles. The van der Waals surface area contributed by atoms with E-state index in [9.17, 15) is 4.79 Å². The first-order valence-electron chi connectivity index (χ1n) is 6.75. The summed E-state index contributed by atoms with van der Waals surface area (Å²) < 4.78 is 4.50. The number of hydrogen-bond acceptors (Lipinski definition) is 3. The summed E-state index contributed by atoms with van der Waals surface area (Å²) in [6.45, 7) is 0. The Morgan fingerprint density at radius 3 is 1.87 bits per heavy atom. The van der Waals surface area contributed by atoms with E-state index in [-0.39, 0.29) is 22.7 Å². The van der Waals surface area contributed by atoms with Gasteiger partial charge in [-0.15, -0.1) is 17.0 Å². The van der Waals surface area contributed by atoms with Gasteiger partial charge in [0.25, 0.3) is 0 Å². The van der Waals surface area contributed by atoms with Gasteiger partial charge >= 0.3 is 5.97 Å². The first-order valence-corrected chi connectivity index (χ1v) is 6.75. The second-order valence-electron chi connectivity index (χ2n) is 4.66. The van der Waals surface area contributed by atoms with Crippen LogP contribution >= 0.6 is 17.0 Å². The van der Waals surface area contributed by atoms with Crippen LogP contribution in [0.2, 0.25) is 0 Å². The van der Waals surface area contributed by atoms with Crippen LogP contribution in [0, 0.1) is 0 Å². The van der Waals surface area contributed by atoms with Crippen molar-refractivity contribution >= 4 is 44.8 Å². The molecule has 0 saturated heterocycles. The van der Waals surface area contributed by atoms with E-state index in [1.165, 1.54) is 29.2 Å². The zero-order valence-electron chi connectivity index (χ0n) is 12.0. The van der Waals surface area contributed by atoms with Crippen LogP contribution in [-0.2, 0) is 0 Å². The van der Waals surface area contributed by atoms with Crippen LogP contribution < -0.4 is 0 Å². The Balaban J connectivity index is 0.000000185. The summed E-state index contributed by atoms with van der Waals surface area (Å²) in [4.78, 5) is 14.5. The molecule has 4 nitrogen and oxygen atoms in total. The monoisotopic (exact) mass is 371 g/mol. The van der Waals surface area contributed by atoms with Crippen LogP contribution in [0.3, 0.4) is 0 Å². The first kappa shape index (κ1) is 16.7.